The minimum absolute atomic E-state index is 0.0785. The molecule has 1 spiro atoms. The summed E-state index contributed by atoms with van der Waals surface area (Å²) < 4.78 is 36.5. The lowest BCUT2D eigenvalue weighted by Crippen LogP contribution is -2.54. The Balaban J connectivity index is 1.61. The molecule has 0 bridgehead atoms. The van der Waals surface area contributed by atoms with Crippen molar-refractivity contribution in [1.29, 1.82) is 0 Å². The van der Waals surface area contributed by atoms with Crippen LogP contribution < -0.4 is 4.72 Å². The zero-order valence-electron chi connectivity index (χ0n) is 13.9. The number of ether oxygens (including phenoxy) is 1. The van der Waals surface area contributed by atoms with Crippen LogP contribution in [-0.2, 0) is 14.8 Å². The minimum Gasteiger partial charge on any atom is -0.375 e. The summed E-state index contributed by atoms with van der Waals surface area (Å²) in [6, 6.07) is -0.101. The summed E-state index contributed by atoms with van der Waals surface area (Å²) in [6.07, 6.45) is 5.35. The smallest absolute Gasteiger partial charge is 0.259 e. The van der Waals surface area contributed by atoms with Crippen LogP contribution in [0, 0.1) is 6.92 Å². The van der Waals surface area contributed by atoms with Crippen molar-refractivity contribution >= 4 is 15.9 Å². The number of aryl methyl sites for hydroxylation is 1. The molecule has 134 valence electrons. The number of amides is 1. The van der Waals surface area contributed by atoms with Crippen LogP contribution in [0.4, 0.5) is 0 Å². The molecule has 0 saturated carbocycles. The number of rotatable bonds is 3. The van der Waals surface area contributed by atoms with E-state index in [2.05, 4.69) is 9.88 Å². The van der Waals surface area contributed by atoms with Gasteiger partial charge in [0.25, 0.3) is 5.91 Å². The van der Waals surface area contributed by atoms with E-state index in [0.717, 1.165) is 0 Å². The average Bonchev–Trinajstić information content (AvgIpc) is 2.92. The number of aromatic nitrogens is 1. The molecule has 24 heavy (non-hydrogen) atoms. The summed E-state index contributed by atoms with van der Waals surface area (Å²) in [6.45, 7) is 3.41. The van der Waals surface area contributed by atoms with Gasteiger partial charge in [-0.3, -0.25) is 4.79 Å². The van der Waals surface area contributed by atoms with Crippen molar-refractivity contribution in [2.75, 3.05) is 26.0 Å². The van der Waals surface area contributed by atoms with Crippen molar-refractivity contribution in [3.05, 3.63) is 17.5 Å². The molecule has 0 aliphatic carbocycles. The number of piperidine rings is 1. The van der Waals surface area contributed by atoms with Crippen molar-refractivity contribution in [3.63, 3.8) is 0 Å². The molecule has 8 nitrogen and oxygen atoms in total. The number of nitrogens with zero attached hydrogens (tertiary/aromatic N) is 2. The lowest BCUT2D eigenvalue weighted by molar-refractivity contribution is -0.113. The van der Waals surface area contributed by atoms with Crippen molar-refractivity contribution in [3.8, 4) is 0 Å². The molecule has 2 saturated heterocycles. The molecule has 3 rings (SSSR count). The van der Waals surface area contributed by atoms with E-state index in [1.807, 2.05) is 0 Å². The molecule has 2 fully saturated rings. The van der Waals surface area contributed by atoms with Crippen molar-refractivity contribution in [2.45, 2.75) is 44.2 Å². The van der Waals surface area contributed by atoms with Crippen LogP contribution >= 0.6 is 0 Å². The molecule has 1 amide bonds. The Labute approximate surface area is 141 Å². The van der Waals surface area contributed by atoms with Crippen molar-refractivity contribution in [1.82, 2.24) is 14.8 Å². The largest absolute Gasteiger partial charge is 0.375 e. The predicted octanol–water partition coefficient (Wildman–Crippen LogP) is 0.686. The monoisotopic (exact) mass is 357 g/mol. The fourth-order valence-corrected chi connectivity index (χ4v) is 4.38. The normalized spacial score (nSPS) is 24.2. The molecule has 1 unspecified atom stereocenters. The first-order valence-corrected chi connectivity index (χ1v) is 9.99. The molecule has 1 aromatic rings. The SMILES string of the molecule is Cc1oncc1C(=O)N1CCC2(CC1)CC(NS(C)(=O)=O)CCO2. The number of likely N-dealkylation sites (tertiary alicyclic amines) is 1. The Hall–Kier alpha value is -1.45. The number of carbonyl (C=O) groups is 1. The maximum absolute atomic E-state index is 12.5. The van der Waals surface area contributed by atoms with Gasteiger partial charge in [0.1, 0.15) is 11.3 Å². The zero-order valence-corrected chi connectivity index (χ0v) is 14.8. The molecule has 0 aromatic carbocycles. The van der Waals surface area contributed by atoms with E-state index in [9.17, 15) is 13.2 Å². The molecule has 1 aromatic heterocycles. The third-order valence-corrected chi connectivity index (χ3v) is 5.58. The van der Waals surface area contributed by atoms with Crippen LogP contribution in [0.3, 0.4) is 0 Å². The molecule has 2 aliphatic rings. The van der Waals surface area contributed by atoms with Gasteiger partial charge in [0.15, 0.2) is 0 Å². The highest BCUT2D eigenvalue weighted by molar-refractivity contribution is 7.88. The van der Waals surface area contributed by atoms with E-state index in [1.165, 1.54) is 12.5 Å². The van der Waals surface area contributed by atoms with Crippen molar-refractivity contribution in [2.24, 2.45) is 0 Å². The molecule has 0 radical (unpaired) electrons. The number of hydrogen-bond acceptors (Lipinski definition) is 6. The standard InChI is InChI=1S/C15H23N3O5S/c1-11-13(10-16-23-11)14(19)18-6-4-15(5-7-18)9-12(3-8-22-15)17-24(2,20)21/h10,12,17H,3-9H2,1-2H3. The van der Waals surface area contributed by atoms with Gasteiger partial charge in [0.05, 0.1) is 18.1 Å². The Kier molecular flexibility index (Phi) is 4.67. The highest BCUT2D eigenvalue weighted by atomic mass is 32.2. The summed E-state index contributed by atoms with van der Waals surface area (Å²) in [5.74, 6) is 0.442. The number of hydrogen-bond donors (Lipinski definition) is 1. The fraction of sp³-hybridized carbons (Fsp3) is 0.733. The van der Waals surface area contributed by atoms with E-state index in [1.54, 1.807) is 11.8 Å². The highest BCUT2D eigenvalue weighted by Crippen LogP contribution is 2.35. The third-order valence-electron chi connectivity index (χ3n) is 4.82. The predicted molar refractivity (Wildman–Crippen MR) is 86.1 cm³/mol. The lowest BCUT2D eigenvalue weighted by atomic mass is 9.82. The van der Waals surface area contributed by atoms with Gasteiger partial charge in [-0.1, -0.05) is 5.16 Å². The molecule has 9 heteroatoms. The average molecular weight is 357 g/mol. The number of carbonyl (C=O) groups excluding carboxylic acids is 1. The zero-order chi connectivity index (χ0) is 17.4. The molecular weight excluding hydrogens is 334 g/mol. The second kappa shape index (κ2) is 6.45. The van der Waals surface area contributed by atoms with Crippen LogP contribution in [0.25, 0.3) is 0 Å². The van der Waals surface area contributed by atoms with E-state index in [0.29, 0.717) is 56.7 Å². The first kappa shape index (κ1) is 17.4. The first-order valence-electron chi connectivity index (χ1n) is 8.10. The highest BCUT2D eigenvalue weighted by Gasteiger charge is 2.42. The Morgan fingerprint density at radius 2 is 2.12 bits per heavy atom. The van der Waals surface area contributed by atoms with E-state index >= 15 is 0 Å². The second-order valence-corrected chi connectivity index (χ2v) is 8.48. The summed E-state index contributed by atoms with van der Waals surface area (Å²) in [5.41, 5.74) is 0.147. The summed E-state index contributed by atoms with van der Waals surface area (Å²) in [5, 5.41) is 3.65. The van der Waals surface area contributed by atoms with Gasteiger partial charge < -0.3 is 14.2 Å². The van der Waals surface area contributed by atoms with E-state index < -0.39 is 10.0 Å². The van der Waals surface area contributed by atoms with Gasteiger partial charge in [0.2, 0.25) is 10.0 Å². The summed E-state index contributed by atoms with van der Waals surface area (Å²) in [4.78, 5) is 14.3. The lowest BCUT2D eigenvalue weighted by Gasteiger charge is -2.46. The number of sulfonamides is 1. The van der Waals surface area contributed by atoms with Crippen LogP contribution in [0.2, 0.25) is 0 Å². The summed E-state index contributed by atoms with van der Waals surface area (Å²) in [7, 11) is -3.23. The van der Waals surface area contributed by atoms with Crippen LogP contribution in [0.5, 0.6) is 0 Å². The van der Waals surface area contributed by atoms with Gasteiger partial charge in [-0.25, -0.2) is 13.1 Å². The molecule has 2 aliphatic heterocycles. The third kappa shape index (κ3) is 3.79. The first-order chi connectivity index (χ1) is 11.3. The van der Waals surface area contributed by atoms with Crippen molar-refractivity contribution < 1.29 is 22.5 Å². The fourth-order valence-electron chi connectivity index (χ4n) is 3.57. The van der Waals surface area contributed by atoms with E-state index in [-0.39, 0.29) is 17.6 Å². The van der Waals surface area contributed by atoms with E-state index in [4.69, 9.17) is 9.26 Å². The van der Waals surface area contributed by atoms with Crippen LogP contribution in [0.1, 0.15) is 41.8 Å². The Bertz CT molecular complexity index is 706. The second-order valence-electron chi connectivity index (χ2n) is 6.70. The van der Waals surface area contributed by atoms with Gasteiger partial charge in [0, 0.05) is 25.7 Å². The Morgan fingerprint density at radius 3 is 2.71 bits per heavy atom. The minimum atomic E-state index is -3.23. The number of nitrogens with one attached hydrogen (secondary N) is 1. The molecule has 3 heterocycles. The maximum Gasteiger partial charge on any atom is 0.259 e. The molecular formula is C15H23N3O5S. The Morgan fingerprint density at radius 1 is 1.42 bits per heavy atom. The molecule has 1 atom stereocenters. The van der Waals surface area contributed by atoms with Gasteiger partial charge in [-0.05, 0) is 32.6 Å². The van der Waals surface area contributed by atoms with Crippen LogP contribution in [0.15, 0.2) is 10.7 Å². The quantitative estimate of drug-likeness (QED) is 0.854. The van der Waals surface area contributed by atoms with Crippen LogP contribution in [-0.4, -0.2) is 62.0 Å². The van der Waals surface area contributed by atoms with Gasteiger partial charge >= 0.3 is 0 Å². The van der Waals surface area contributed by atoms with Gasteiger partial charge in [-0.15, -0.1) is 0 Å². The summed E-state index contributed by atoms with van der Waals surface area (Å²) >= 11 is 0. The topological polar surface area (TPSA) is 102 Å². The van der Waals surface area contributed by atoms with Gasteiger partial charge in [-0.2, -0.15) is 0 Å². The maximum atomic E-state index is 12.5. The molecule has 1 N–H and O–H groups in total.